The molecule has 1 aliphatic carbocycles. The molecule has 0 bridgehead atoms. The highest BCUT2D eigenvalue weighted by atomic mass is 16.5. The summed E-state index contributed by atoms with van der Waals surface area (Å²) in [6.45, 7) is 0.891. The molecule has 0 aliphatic heterocycles. The minimum Gasteiger partial charge on any atom is -0.475 e. The molecule has 0 radical (unpaired) electrons. The largest absolute Gasteiger partial charge is 0.475 e. The van der Waals surface area contributed by atoms with E-state index < -0.39 is 0 Å². The molecular formula is C22H27N3O4. The van der Waals surface area contributed by atoms with Gasteiger partial charge in [0.15, 0.2) is 0 Å². The summed E-state index contributed by atoms with van der Waals surface area (Å²) >= 11 is 0. The van der Waals surface area contributed by atoms with Gasteiger partial charge in [-0.1, -0.05) is 25.3 Å². The molecule has 0 atom stereocenters. The normalized spacial score (nSPS) is 14.2. The van der Waals surface area contributed by atoms with Gasteiger partial charge in [-0.3, -0.25) is 9.59 Å². The molecule has 1 fully saturated rings. The first-order valence-electron chi connectivity index (χ1n) is 9.96. The summed E-state index contributed by atoms with van der Waals surface area (Å²) in [5.74, 6) is 0.300. The second-order valence-electron chi connectivity index (χ2n) is 7.09. The van der Waals surface area contributed by atoms with Crippen LogP contribution in [0.5, 0.6) is 5.88 Å². The van der Waals surface area contributed by atoms with Gasteiger partial charge in [0, 0.05) is 30.3 Å². The van der Waals surface area contributed by atoms with Gasteiger partial charge in [-0.25, -0.2) is 4.98 Å². The number of hydrogen-bond donors (Lipinski definition) is 2. The summed E-state index contributed by atoms with van der Waals surface area (Å²) < 4.78 is 10.3. The van der Waals surface area contributed by atoms with E-state index in [1.54, 1.807) is 43.5 Å². The van der Waals surface area contributed by atoms with E-state index in [0.717, 1.165) is 25.7 Å². The molecule has 1 aromatic heterocycles. The minimum absolute atomic E-state index is 0.0375. The van der Waals surface area contributed by atoms with Crippen molar-refractivity contribution in [3.63, 3.8) is 0 Å². The zero-order valence-corrected chi connectivity index (χ0v) is 16.6. The molecule has 29 heavy (non-hydrogen) atoms. The summed E-state index contributed by atoms with van der Waals surface area (Å²) in [6, 6.07) is 10.4. The quantitative estimate of drug-likeness (QED) is 0.660. The predicted octanol–water partition coefficient (Wildman–Crippen LogP) is 3.88. The van der Waals surface area contributed by atoms with Crippen LogP contribution in [0.1, 0.15) is 42.5 Å². The van der Waals surface area contributed by atoms with Crippen LogP contribution in [0.4, 0.5) is 11.4 Å². The Balaban J connectivity index is 1.56. The minimum atomic E-state index is -0.270. The monoisotopic (exact) mass is 397 g/mol. The van der Waals surface area contributed by atoms with Crippen molar-refractivity contribution < 1.29 is 19.1 Å². The number of rotatable bonds is 8. The van der Waals surface area contributed by atoms with Crippen molar-refractivity contribution in [2.24, 2.45) is 5.92 Å². The van der Waals surface area contributed by atoms with Crippen molar-refractivity contribution in [1.29, 1.82) is 0 Å². The zero-order valence-electron chi connectivity index (χ0n) is 16.6. The molecule has 2 amide bonds. The molecule has 1 heterocycles. The van der Waals surface area contributed by atoms with E-state index in [1.807, 2.05) is 0 Å². The van der Waals surface area contributed by atoms with E-state index >= 15 is 0 Å². The Morgan fingerprint density at radius 3 is 2.59 bits per heavy atom. The number of nitrogens with one attached hydrogen (secondary N) is 2. The van der Waals surface area contributed by atoms with Gasteiger partial charge in [-0.15, -0.1) is 0 Å². The number of methoxy groups -OCH3 is 1. The molecule has 1 aliphatic rings. The Hall–Kier alpha value is -2.93. The molecule has 0 spiro atoms. The lowest BCUT2D eigenvalue weighted by molar-refractivity contribution is -0.120. The van der Waals surface area contributed by atoms with Gasteiger partial charge in [0.2, 0.25) is 11.8 Å². The molecule has 0 unspecified atom stereocenters. The predicted molar refractivity (Wildman–Crippen MR) is 111 cm³/mol. The zero-order chi connectivity index (χ0) is 20.5. The van der Waals surface area contributed by atoms with Crippen LogP contribution in [0.3, 0.4) is 0 Å². The number of anilines is 2. The van der Waals surface area contributed by atoms with Crippen LogP contribution >= 0.6 is 0 Å². The second kappa shape index (κ2) is 10.6. The Labute approximate surface area is 170 Å². The molecular weight excluding hydrogens is 370 g/mol. The maximum atomic E-state index is 12.6. The van der Waals surface area contributed by atoms with Crippen molar-refractivity contribution in [2.45, 2.75) is 32.1 Å². The van der Waals surface area contributed by atoms with Crippen molar-refractivity contribution in [3.8, 4) is 5.88 Å². The van der Waals surface area contributed by atoms with Crippen molar-refractivity contribution in [2.75, 3.05) is 31.0 Å². The van der Waals surface area contributed by atoms with E-state index in [1.165, 1.54) is 12.6 Å². The van der Waals surface area contributed by atoms with Crippen molar-refractivity contribution >= 4 is 23.2 Å². The number of ether oxygens (including phenoxy) is 2. The summed E-state index contributed by atoms with van der Waals surface area (Å²) in [5.41, 5.74) is 1.66. The first-order chi connectivity index (χ1) is 14.2. The van der Waals surface area contributed by atoms with Crippen LogP contribution in [-0.2, 0) is 9.53 Å². The lowest BCUT2D eigenvalue weighted by Gasteiger charge is -2.20. The van der Waals surface area contributed by atoms with E-state index in [9.17, 15) is 9.59 Å². The summed E-state index contributed by atoms with van der Waals surface area (Å²) in [7, 11) is 1.60. The summed E-state index contributed by atoms with van der Waals surface area (Å²) in [6.07, 6.45) is 6.81. The smallest absolute Gasteiger partial charge is 0.255 e. The number of benzene rings is 1. The molecule has 7 nitrogen and oxygen atoms in total. The third-order valence-electron chi connectivity index (χ3n) is 4.90. The molecule has 2 aromatic rings. The van der Waals surface area contributed by atoms with Crippen LogP contribution < -0.4 is 15.4 Å². The van der Waals surface area contributed by atoms with Crippen molar-refractivity contribution in [1.82, 2.24) is 4.98 Å². The first kappa shape index (κ1) is 20.8. The topological polar surface area (TPSA) is 89.5 Å². The lowest BCUT2D eigenvalue weighted by atomic mass is 9.88. The fourth-order valence-corrected chi connectivity index (χ4v) is 3.32. The van der Waals surface area contributed by atoms with E-state index in [4.69, 9.17) is 9.47 Å². The van der Waals surface area contributed by atoms with Gasteiger partial charge in [-0.05, 0) is 37.1 Å². The van der Waals surface area contributed by atoms with Gasteiger partial charge in [0.25, 0.3) is 5.91 Å². The van der Waals surface area contributed by atoms with E-state index in [0.29, 0.717) is 36.0 Å². The van der Waals surface area contributed by atoms with E-state index in [-0.39, 0.29) is 17.7 Å². The average molecular weight is 397 g/mol. The van der Waals surface area contributed by atoms with Gasteiger partial charge >= 0.3 is 0 Å². The SMILES string of the molecule is COCCOc1ccc(NC(=O)c2cccc(NC(=O)C3CCCCC3)c2)cn1. The molecule has 1 aromatic carbocycles. The summed E-state index contributed by atoms with van der Waals surface area (Å²) in [4.78, 5) is 29.1. The van der Waals surface area contributed by atoms with E-state index in [2.05, 4.69) is 15.6 Å². The standard InChI is InChI=1S/C22H27N3O4/c1-28-12-13-29-20-11-10-19(15-23-20)25-22(27)17-8-5-9-18(14-17)24-21(26)16-6-3-2-4-7-16/h5,8-11,14-16H,2-4,6-7,12-13H2,1H3,(H,24,26)(H,25,27). The Morgan fingerprint density at radius 1 is 1.03 bits per heavy atom. The number of carbonyl (C=O) groups excluding carboxylic acids is 2. The van der Waals surface area contributed by atoms with Gasteiger partial charge < -0.3 is 20.1 Å². The maximum Gasteiger partial charge on any atom is 0.255 e. The Bertz CT molecular complexity index is 817. The summed E-state index contributed by atoms with van der Waals surface area (Å²) in [5, 5.41) is 5.75. The Morgan fingerprint density at radius 2 is 1.86 bits per heavy atom. The average Bonchev–Trinajstić information content (AvgIpc) is 2.76. The fourth-order valence-electron chi connectivity index (χ4n) is 3.32. The van der Waals surface area contributed by atoms with Crippen molar-refractivity contribution in [3.05, 3.63) is 48.2 Å². The lowest BCUT2D eigenvalue weighted by Crippen LogP contribution is -2.24. The molecule has 2 N–H and O–H groups in total. The molecule has 0 saturated heterocycles. The fraction of sp³-hybridized carbons (Fsp3) is 0.409. The molecule has 1 saturated carbocycles. The Kier molecular flexibility index (Phi) is 7.58. The third-order valence-corrected chi connectivity index (χ3v) is 4.90. The van der Waals surface area contributed by atoms with Crippen LogP contribution in [0.25, 0.3) is 0 Å². The highest BCUT2D eigenvalue weighted by Gasteiger charge is 2.21. The molecule has 154 valence electrons. The highest BCUT2D eigenvalue weighted by molar-refractivity contribution is 6.05. The molecule has 3 rings (SSSR count). The number of pyridine rings is 1. The number of carbonyl (C=O) groups is 2. The van der Waals surface area contributed by atoms with Crippen LogP contribution in [0.15, 0.2) is 42.6 Å². The third kappa shape index (κ3) is 6.29. The highest BCUT2D eigenvalue weighted by Crippen LogP contribution is 2.25. The molecule has 7 heteroatoms. The second-order valence-corrected chi connectivity index (χ2v) is 7.09. The maximum absolute atomic E-state index is 12.6. The first-order valence-corrected chi connectivity index (χ1v) is 9.96. The van der Waals surface area contributed by atoms with Crippen LogP contribution in [0.2, 0.25) is 0 Å². The van der Waals surface area contributed by atoms with Crippen LogP contribution in [-0.4, -0.2) is 37.1 Å². The van der Waals surface area contributed by atoms with Gasteiger partial charge in [0.1, 0.15) is 6.61 Å². The number of nitrogens with zero attached hydrogens (tertiary/aromatic N) is 1. The van der Waals surface area contributed by atoms with Gasteiger partial charge in [0.05, 0.1) is 18.5 Å². The van der Waals surface area contributed by atoms with Crippen LogP contribution in [0, 0.1) is 5.92 Å². The number of amides is 2. The van der Waals surface area contributed by atoms with Gasteiger partial charge in [-0.2, -0.15) is 0 Å². The number of aromatic nitrogens is 1. The number of hydrogen-bond acceptors (Lipinski definition) is 5.